The SMILES string of the molecule is CC(C)(C)c1cnc(CN2CCCN(C(=O)CCC3CCCC3)CC2)o1. The van der Waals surface area contributed by atoms with E-state index in [9.17, 15) is 4.79 Å². The van der Waals surface area contributed by atoms with Gasteiger partial charge in [0.15, 0.2) is 0 Å². The number of rotatable bonds is 5. The fourth-order valence-electron chi connectivity index (χ4n) is 4.08. The van der Waals surface area contributed by atoms with Crippen molar-refractivity contribution < 1.29 is 9.21 Å². The summed E-state index contributed by atoms with van der Waals surface area (Å²) in [5.41, 5.74) is -0.00737. The van der Waals surface area contributed by atoms with Gasteiger partial charge in [0.25, 0.3) is 0 Å². The molecule has 1 amide bonds. The van der Waals surface area contributed by atoms with E-state index in [2.05, 4.69) is 35.6 Å². The highest BCUT2D eigenvalue weighted by Crippen LogP contribution is 2.29. The van der Waals surface area contributed by atoms with Crippen molar-refractivity contribution in [2.45, 2.75) is 77.7 Å². The van der Waals surface area contributed by atoms with E-state index in [0.29, 0.717) is 5.91 Å². The highest BCUT2D eigenvalue weighted by Gasteiger charge is 2.23. The summed E-state index contributed by atoms with van der Waals surface area (Å²) in [6, 6.07) is 0. The van der Waals surface area contributed by atoms with Gasteiger partial charge in [0, 0.05) is 38.0 Å². The predicted octanol–water partition coefficient (Wildman–Crippen LogP) is 3.98. The first-order valence-corrected chi connectivity index (χ1v) is 10.4. The van der Waals surface area contributed by atoms with Crippen molar-refractivity contribution >= 4 is 5.91 Å². The topological polar surface area (TPSA) is 49.6 Å². The molecular formula is C21H35N3O2. The molecule has 5 nitrogen and oxygen atoms in total. The molecule has 5 heteroatoms. The number of carbonyl (C=O) groups is 1. The molecule has 1 aromatic heterocycles. The highest BCUT2D eigenvalue weighted by atomic mass is 16.4. The van der Waals surface area contributed by atoms with Crippen LogP contribution in [0.15, 0.2) is 10.6 Å². The van der Waals surface area contributed by atoms with Crippen LogP contribution in [0.5, 0.6) is 0 Å². The number of hydrogen-bond acceptors (Lipinski definition) is 4. The van der Waals surface area contributed by atoms with Gasteiger partial charge in [0.2, 0.25) is 11.8 Å². The molecule has 2 aliphatic rings. The molecule has 1 saturated heterocycles. The molecule has 1 aromatic rings. The van der Waals surface area contributed by atoms with Crippen molar-refractivity contribution in [3.05, 3.63) is 17.8 Å². The summed E-state index contributed by atoms with van der Waals surface area (Å²) in [4.78, 5) is 21.4. The third kappa shape index (κ3) is 5.32. The summed E-state index contributed by atoms with van der Waals surface area (Å²) >= 11 is 0. The summed E-state index contributed by atoms with van der Waals surface area (Å²) in [5, 5.41) is 0. The molecule has 1 aliphatic carbocycles. The lowest BCUT2D eigenvalue weighted by Gasteiger charge is -2.22. The van der Waals surface area contributed by atoms with E-state index in [-0.39, 0.29) is 5.41 Å². The van der Waals surface area contributed by atoms with Crippen molar-refractivity contribution in [1.82, 2.24) is 14.8 Å². The third-order valence-electron chi connectivity index (χ3n) is 5.83. The van der Waals surface area contributed by atoms with Gasteiger partial charge in [-0.25, -0.2) is 4.98 Å². The second-order valence-electron chi connectivity index (χ2n) is 9.07. The number of carbonyl (C=O) groups excluding carboxylic acids is 1. The second-order valence-corrected chi connectivity index (χ2v) is 9.07. The molecule has 2 heterocycles. The summed E-state index contributed by atoms with van der Waals surface area (Å²) in [6.07, 6.45) is 10.1. The Balaban J connectivity index is 1.45. The lowest BCUT2D eigenvalue weighted by atomic mass is 9.94. The first-order chi connectivity index (χ1) is 12.4. The smallest absolute Gasteiger partial charge is 0.222 e. The van der Waals surface area contributed by atoms with Crippen molar-refractivity contribution in [1.29, 1.82) is 0 Å². The van der Waals surface area contributed by atoms with Crippen LogP contribution >= 0.6 is 0 Å². The lowest BCUT2D eigenvalue weighted by Crippen LogP contribution is -2.35. The number of nitrogens with zero attached hydrogens (tertiary/aromatic N) is 3. The number of aromatic nitrogens is 1. The van der Waals surface area contributed by atoms with Crippen LogP contribution in [-0.2, 0) is 16.8 Å². The average Bonchev–Trinajstić information content (AvgIpc) is 3.21. The van der Waals surface area contributed by atoms with Crippen LogP contribution in [-0.4, -0.2) is 46.9 Å². The van der Waals surface area contributed by atoms with Gasteiger partial charge < -0.3 is 9.32 Å². The van der Waals surface area contributed by atoms with Crippen LogP contribution < -0.4 is 0 Å². The zero-order chi connectivity index (χ0) is 18.6. The van der Waals surface area contributed by atoms with E-state index in [1.54, 1.807) is 0 Å². The van der Waals surface area contributed by atoms with Crippen molar-refractivity contribution in [2.24, 2.45) is 5.92 Å². The highest BCUT2D eigenvalue weighted by molar-refractivity contribution is 5.76. The Morgan fingerprint density at radius 1 is 1.15 bits per heavy atom. The first kappa shape index (κ1) is 19.4. The first-order valence-electron chi connectivity index (χ1n) is 10.4. The molecule has 0 aromatic carbocycles. The fraction of sp³-hybridized carbons (Fsp3) is 0.810. The van der Waals surface area contributed by atoms with E-state index >= 15 is 0 Å². The minimum atomic E-state index is -0.00737. The molecule has 2 fully saturated rings. The van der Waals surface area contributed by atoms with Crippen LogP contribution in [0.2, 0.25) is 0 Å². The third-order valence-corrected chi connectivity index (χ3v) is 5.83. The van der Waals surface area contributed by atoms with Gasteiger partial charge >= 0.3 is 0 Å². The van der Waals surface area contributed by atoms with E-state index in [1.165, 1.54) is 25.7 Å². The minimum Gasteiger partial charge on any atom is -0.444 e. The summed E-state index contributed by atoms with van der Waals surface area (Å²) < 4.78 is 5.93. The zero-order valence-electron chi connectivity index (χ0n) is 16.8. The van der Waals surface area contributed by atoms with Crippen LogP contribution in [0.3, 0.4) is 0 Å². The Morgan fingerprint density at radius 3 is 2.62 bits per heavy atom. The van der Waals surface area contributed by atoms with E-state index in [0.717, 1.165) is 69.6 Å². The van der Waals surface area contributed by atoms with Gasteiger partial charge in [-0.2, -0.15) is 0 Å². The molecule has 1 saturated carbocycles. The van der Waals surface area contributed by atoms with Crippen molar-refractivity contribution in [3.8, 4) is 0 Å². The molecule has 26 heavy (non-hydrogen) atoms. The number of hydrogen-bond donors (Lipinski definition) is 0. The largest absolute Gasteiger partial charge is 0.444 e. The Kier molecular flexibility index (Phi) is 6.38. The van der Waals surface area contributed by atoms with E-state index < -0.39 is 0 Å². The van der Waals surface area contributed by atoms with Crippen molar-refractivity contribution in [3.63, 3.8) is 0 Å². The Hall–Kier alpha value is -1.36. The van der Waals surface area contributed by atoms with Crippen molar-refractivity contribution in [2.75, 3.05) is 26.2 Å². The molecule has 0 atom stereocenters. The summed E-state index contributed by atoms with van der Waals surface area (Å²) in [5.74, 6) is 2.87. The predicted molar refractivity (Wildman–Crippen MR) is 103 cm³/mol. The molecule has 0 radical (unpaired) electrons. The number of oxazole rings is 1. The van der Waals surface area contributed by atoms with E-state index in [1.807, 2.05) is 6.20 Å². The molecule has 3 rings (SSSR count). The van der Waals surface area contributed by atoms with Gasteiger partial charge in [0.1, 0.15) is 5.76 Å². The lowest BCUT2D eigenvalue weighted by molar-refractivity contribution is -0.131. The molecule has 0 N–H and O–H groups in total. The van der Waals surface area contributed by atoms with Crippen LogP contribution in [0.4, 0.5) is 0 Å². The maximum Gasteiger partial charge on any atom is 0.222 e. The molecule has 0 bridgehead atoms. The van der Waals surface area contributed by atoms with Crippen LogP contribution in [0.1, 0.15) is 77.4 Å². The van der Waals surface area contributed by atoms with Crippen LogP contribution in [0, 0.1) is 5.92 Å². The number of amides is 1. The normalized spacial score (nSPS) is 20.5. The van der Waals surface area contributed by atoms with E-state index in [4.69, 9.17) is 4.42 Å². The van der Waals surface area contributed by atoms with Gasteiger partial charge in [-0.05, 0) is 18.8 Å². The second kappa shape index (κ2) is 8.55. The molecule has 0 unspecified atom stereocenters. The molecule has 1 aliphatic heterocycles. The van der Waals surface area contributed by atoms with Gasteiger partial charge in [0.05, 0.1) is 12.7 Å². The standard InChI is InChI=1S/C21H35N3O2/c1-21(2,3)18-15-22-19(26-18)16-23-11-6-12-24(14-13-23)20(25)10-9-17-7-4-5-8-17/h15,17H,4-14,16H2,1-3H3. The summed E-state index contributed by atoms with van der Waals surface area (Å²) in [7, 11) is 0. The molecule has 146 valence electrons. The maximum absolute atomic E-state index is 12.6. The van der Waals surface area contributed by atoms with Gasteiger partial charge in [-0.1, -0.05) is 46.5 Å². The van der Waals surface area contributed by atoms with Gasteiger partial charge in [-0.15, -0.1) is 0 Å². The average molecular weight is 362 g/mol. The molecular weight excluding hydrogens is 326 g/mol. The Bertz CT molecular complexity index is 584. The maximum atomic E-state index is 12.6. The Labute approximate surface area is 158 Å². The zero-order valence-corrected chi connectivity index (χ0v) is 16.8. The fourth-order valence-corrected chi connectivity index (χ4v) is 4.08. The quantitative estimate of drug-likeness (QED) is 0.796. The minimum absolute atomic E-state index is 0.00737. The van der Waals surface area contributed by atoms with Gasteiger partial charge in [-0.3, -0.25) is 9.69 Å². The van der Waals surface area contributed by atoms with Crippen LogP contribution in [0.25, 0.3) is 0 Å². The Morgan fingerprint density at radius 2 is 1.92 bits per heavy atom. The monoisotopic (exact) mass is 361 g/mol. The molecule has 0 spiro atoms. The summed E-state index contributed by atoms with van der Waals surface area (Å²) in [6.45, 7) is 10.8.